The van der Waals surface area contributed by atoms with Crippen molar-refractivity contribution in [2.45, 2.75) is 26.4 Å². The summed E-state index contributed by atoms with van der Waals surface area (Å²) in [5.74, 6) is 0. The molecule has 0 radical (unpaired) electrons. The monoisotopic (exact) mass is 288 g/mol. The molecule has 2 aromatic rings. The summed E-state index contributed by atoms with van der Waals surface area (Å²) < 4.78 is 1.82. The molecular weight excluding hydrogens is 268 g/mol. The van der Waals surface area contributed by atoms with Crippen molar-refractivity contribution in [3.8, 4) is 0 Å². The van der Waals surface area contributed by atoms with E-state index in [1.165, 1.54) is 5.56 Å². The molecule has 0 fully saturated rings. The van der Waals surface area contributed by atoms with E-state index in [1.807, 2.05) is 43.0 Å². The third kappa shape index (κ3) is 3.81. The van der Waals surface area contributed by atoms with Gasteiger partial charge in [-0.2, -0.15) is 5.10 Å². The molecule has 1 aromatic heterocycles. The van der Waals surface area contributed by atoms with E-state index in [2.05, 4.69) is 34.8 Å². The van der Waals surface area contributed by atoms with Gasteiger partial charge in [0, 0.05) is 25.4 Å². The summed E-state index contributed by atoms with van der Waals surface area (Å²) in [5, 5.41) is 11.5. The maximum absolute atomic E-state index is 5.33. The summed E-state index contributed by atoms with van der Waals surface area (Å²) in [6.07, 6.45) is 2.02. The van der Waals surface area contributed by atoms with Crippen molar-refractivity contribution in [3.63, 3.8) is 0 Å². The maximum atomic E-state index is 5.33. The lowest BCUT2D eigenvalue weighted by molar-refractivity contribution is 0.692. The molecule has 0 aliphatic rings. The molecule has 0 aliphatic heterocycles. The second kappa shape index (κ2) is 6.52. The normalized spacial score (nSPS) is 11.9. The highest BCUT2D eigenvalue weighted by molar-refractivity contribution is 7.80. The molecule has 0 aliphatic carbocycles. The van der Waals surface area contributed by atoms with Gasteiger partial charge in [-0.15, -0.1) is 0 Å². The fraction of sp³-hybridized carbons (Fsp3) is 0.333. The first-order valence-electron chi connectivity index (χ1n) is 6.64. The van der Waals surface area contributed by atoms with E-state index >= 15 is 0 Å². The third-order valence-corrected chi connectivity index (χ3v) is 3.42. The minimum Gasteiger partial charge on any atom is -0.359 e. The Hall–Kier alpha value is -1.88. The van der Waals surface area contributed by atoms with Crippen LogP contribution in [0.15, 0.2) is 36.5 Å². The van der Waals surface area contributed by atoms with E-state index < -0.39 is 0 Å². The van der Waals surface area contributed by atoms with Crippen LogP contribution in [-0.2, 0) is 13.6 Å². The highest BCUT2D eigenvalue weighted by Gasteiger charge is 2.12. The van der Waals surface area contributed by atoms with E-state index in [4.69, 9.17) is 12.2 Å². The van der Waals surface area contributed by atoms with Gasteiger partial charge in [-0.25, -0.2) is 0 Å². The van der Waals surface area contributed by atoms with Crippen molar-refractivity contribution in [2.24, 2.45) is 7.05 Å². The largest absolute Gasteiger partial charge is 0.359 e. The molecule has 0 spiro atoms. The van der Waals surface area contributed by atoms with Gasteiger partial charge in [0.1, 0.15) is 0 Å². The van der Waals surface area contributed by atoms with Gasteiger partial charge in [-0.3, -0.25) is 4.68 Å². The number of hydrogen-bond donors (Lipinski definition) is 2. The van der Waals surface area contributed by atoms with Gasteiger partial charge in [0.25, 0.3) is 0 Å². The zero-order chi connectivity index (χ0) is 14.5. The Balaban J connectivity index is 1.87. The average Bonchev–Trinajstić information content (AvgIpc) is 2.77. The SMILES string of the molecule is Cc1nn(C)cc1C(C)NC(=S)NCc1ccccc1. The molecule has 1 atom stereocenters. The lowest BCUT2D eigenvalue weighted by atomic mass is 10.1. The molecule has 0 bridgehead atoms. The number of hydrogen-bond acceptors (Lipinski definition) is 2. The van der Waals surface area contributed by atoms with Crippen LogP contribution >= 0.6 is 12.2 Å². The van der Waals surface area contributed by atoms with Crippen LogP contribution < -0.4 is 10.6 Å². The highest BCUT2D eigenvalue weighted by Crippen LogP contribution is 2.15. The molecular formula is C15H20N4S. The predicted octanol–water partition coefficient (Wildman–Crippen LogP) is 2.45. The molecule has 1 aromatic carbocycles. The second-order valence-corrected chi connectivity index (χ2v) is 5.29. The average molecular weight is 288 g/mol. The van der Waals surface area contributed by atoms with Crippen molar-refractivity contribution in [2.75, 3.05) is 0 Å². The molecule has 106 valence electrons. The Morgan fingerprint density at radius 2 is 2.05 bits per heavy atom. The molecule has 2 rings (SSSR count). The predicted molar refractivity (Wildman–Crippen MR) is 85.4 cm³/mol. The van der Waals surface area contributed by atoms with Crippen LogP contribution in [0.3, 0.4) is 0 Å². The maximum Gasteiger partial charge on any atom is 0.167 e. The summed E-state index contributed by atoms with van der Waals surface area (Å²) in [5.41, 5.74) is 3.40. The van der Waals surface area contributed by atoms with Crippen molar-refractivity contribution in [1.82, 2.24) is 20.4 Å². The Kier molecular flexibility index (Phi) is 4.74. The highest BCUT2D eigenvalue weighted by atomic mass is 32.1. The fourth-order valence-corrected chi connectivity index (χ4v) is 2.40. The number of thiocarbonyl (C=S) groups is 1. The number of aryl methyl sites for hydroxylation is 2. The molecule has 0 saturated heterocycles. The summed E-state index contributed by atoms with van der Waals surface area (Å²) in [6, 6.07) is 10.3. The number of rotatable bonds is 4. The standard InChI is InChI=1S/C15H20N4S/c1-11(14-10-19(3)18-12(14)2)17-15(20)16-9-13-7-5-4-6-8-13/h4-8,10-11H,9H2,1-3H3,(H2,16,17,20). The zero-order valence-corrected chi connectivity index (χ0v) is 12.9. The first-order valence-corrected chi connectivity index (χ1v) is 7.05. The minimum atomic E-state index is 0.138. The van der Waals surface area contributed by atoms with E-state index in [9.17, 15) is 0 Å². The van der Waals surface area contributed by atoms with Crippen molar-refractivity contribution < 1.29 is 0 Å². The summed E-state index contributed by atoms with van der Waals surface area (Å²) >= 11 is 5.33. The zero-order valence-electron chi connectivity index (χ0n) is 12.1. The molecule has 2 N–H and O–H groups in total. The van der Waals surface area contributed by atoms with Gasteiger partial charge in [0.15, 0.2) is 5.11 Å². The van der Waals surface area contributed by atoms with Crippen molar-refractivity contribution in [1.29, 1.82) is 0 Å². The molecule has 20 heavy (non-hydrogen) atoms. The van der Waals surface area contributed by atoms with E-state index in [0.717, 1.165) is 17.8 Å². The number of aromatic nitrogens is 2. The third-order valence-electron chi connectivity index (χ3n) is 3.16. The topological polar surface area (TPSA) is 41.9 Å². The molecule has 4 nitrogen and oxygen atoms in total. The van der Waals surface area contributed by atoms with Crippen molar-refractivity contribution in [3.05, 3.63) is 53.3 Å². The van der Waals surface area contributed by atoms with Crippen LogP contribution in [0.2, 0.25) is 0 Å². The van der Waals surface area contributed by atoms with Gasteiger partial charge in [-0.05, 0) is 31.6 Å². The van der Waals surface area contributed by atoms with E-state index in [-0.39, 0.29) is 6.04 Å². The van der Waals surface area contributed by atoms with E-state index in [1.54, 1.807) is 0 Å². The van der Waals surface area contributed by atoms with Crippen molar-refractivity contribution >= 4 is 17.3 Å². The Morgan fingerprint density at radius 1 is 1.35 bits per heavy atom. The lowest BCUT2D eigenvalue weighted by Gasteiger charge is -2.16. The summed E-state index contributed by atoms with van der Waals surface area (Å²) in [4.78, 5) is 0. The second-order valence-electron chi connectivity index (χ2n) is 4.88. The molecule has 5 heteroatoms. The lowest BCUT2D eigenvalue weighted by Crippen LogP contribution is -2.36. The van der Waals surface area contributed by atoms with Crippen LogP contribution in [0.25, 0.3) is 0 Å². The first kappa shape index (κ1) is 14.5. The molecule has 1 heterocycles. The smallest absolute Gasteiger partial charge is 0.167 e. The number of nitrogens with zero attached hydrogens (tertiary/aromatic N) is 2. The van der Waals surface area contributed by atoms with Gasteiger partial charge in [0.05, 0.1) is 11.7 Å². The Morgan fingerprint density at radius 3 is 2.65 bits per heavy atom. The van der Waals surface area contributed by atoms with Crippen LogP contribution in [-0.4, -0.2) is 14.9 Å². The minimum absolute atomic E-state index is 0.138. The summed E-state index contributed by atoms with van der Waals surface area (Å²) in [7, 11) is 1.93. The van der Waals surface area contributed by atoms with Crippen LogP contribution in [0, 0.1) is 6.92 Å². The number of nitrogens with one attached hydrogen (secondary N) is 2. The molecule has 0 saturated carbocycles. The summed E-state index contributed by atoms with van der Waals surface area (Å²) in [6.45, 7) is 4.82. The van der Waals surface area contributed by atoms with Crippen LogP contribution in [0.1, 0.15) is 29.8 Å². The van der Waals surface area contributed by atoms with E-state index in [0.29, 0.717) is 5.11 Å². The fourth-order valence-electron chi connectivity index (χ4n) is 2.15. The first-order chi connectivity index (χ1) is 9.56. The Labute approximate surface area is 125 Å². The Bertz CT molecular complexity index is 577. The van der Waals surface area contributed by atoms with Crippen LogP contribution in [0.4, 0.5) is 0 Å². The molecule has 1 unspecified atom stereocenters. The van der Waals surface area contributed by atoms with Gasteiger partial charge < -0.3 is 10.6 Å². The number of benzene rings is 1. The van der Waals surface area contributed by atoms with Gasteiger partial charge in [0.2, 0.25) is 0 Å². The quantitative estimate of drug-likeness (QED) is 0.848. The van der Waals surface area contributed by atoms with Crippen LogP contribution in [0.5, 0.6) is 0 Å². The van der Waals surface area contributed by atoms with Gasteiger partial charge >= 0.3 is 0 Å². The van der Waals surface area contributed by atoms with Gasteiger partial charge in [-0.1, -0.05) is 30.3 Å². The molecule has 0 amide bonds.